The Bertz CT molecular complexity index is 421. The van der Waals surface area contributed by atoms with E-state index in [4.69, 9.17) is 14.2 Å². The van der Waals surface area contributed by atoms with Crippen molar-refractivity contribution in [2.45, 2.75) is 0 Å². The average molecular weight is 302 g/mol. The number of esters is 1. The SMILES string of the molecule is COc1ccccc1C(=O)OCCN1CCOCC1.Cl. The molecule has 1 aromatic rings. The van der Waals surface area contributed by atoms with E-state index in [0.29, 0.717) is 17.9 Å². The van der Waals surface area contributed by atoms with E-state index in [1.807, 2.05) is 6.07 Å². The third-order valence-electron chi connectivity index (χ3n) is 3.07. The predicted octanol–water partition coefficient (Wildman–Crippen LogP) is 1.61. The lowest BCUT2D eigenvalue weighted by atomic mass is 10.2. The van der Waals surface area contributed by atoms with Gasteiger partial charge in [0.2, 0.25) is 0 Å². The molecule has 1 saturated heterocycles. The number of rotatable bonds is 5. The molecule has 1 fully saturated rings. The lowest BCUT2D eigenvalue weighted by molar-refractivity contribution is 0.0194. The van der Waals surface area contributed by atoms with Crippen molar-refractivity contribution in [3.8, 4) is 5.75 Å². The number of benzene rings is 1. The number of methoxy groups -OCH3 is 1. The Morgan fingerprint density at radius 2 is 2.00 bits per heavy atom. The maximum atomic E-state index is 11.9. The highest BCUT2D eigenvalue weighted by atomic mass is 35.5. The van der Waals surface area contributed by atoms with E-state index in [2.05, 4.69) is 4.90 Å². The van der Waals surface area contributed by atoms with Crippen molar-refractivity contribution >= 4 is 18.4 Å². The Balaban J connectivity index is 0.00000200. The van der Waals surface area contributed by atoms with Gasteiger partial charge < -0.3 is 14.2 Å². The average Bonchev–Trinajstić information content (AvgIpc) is 2.48. The van der Waals surface area contributed by atoms with Gasteiger partial charge in [0.1, 0.15) is 17.9 Å². The standard InChI is InChI=1S/C14H19NO4.ClH/c1-17-13-5-3-2-4-12(13)14(16)19-11-8-15-6-9-18-10-7-15;/h2-5H,6-11H2,1H3;1H. The monoisotopic (exact) mass is 301 g/mol. The molecule has 0 amide bonds. The molecule has 0 atom stereocenters. The van der Waals surface area contributed by atoms with Gasteiger partial charge in [0.05, 0.1) is 20.3 Å². The first-order chi connectivity index (χ1) is 9.31. The largest absolute Gasteiger partial charge is 0.496 e. The number of hydrogen-bond acceptors (Lipinski definition) is 5. The van der Waals surface area contributed by atoms with Crippen molar-refractivity contribution in [1.82, 2.24) is 4.90 Å². The molecular formula is C14H20ClNO4. The van der Waals surface area contributed by atoms with E-state index in [-0.39, 0.29) is 18.4 Å². The minimum Gasteiger partial charge on any atom is -0.496 e. The number of carbonyl (C=O) groups excluding carboxylic acids is 1. The second-order valence-corrected chi connectivity index (χ2v) is 4.29. The van der Waals surface area contributed by atoms with Gasteiger partial charge in [-0.25, -0.2) is 4.79 Å². The van der Waals surface area contributed by atoms with Crippen LogP contribution in [0.1, 0.15) is 10.4 Å². The Kier molecular flexibility index (Phi) is 7.36. The van der Waals surface area contributed by atoms with Crippen LogP contribution in [0, 0.1) is 0 Å². The molecule has 20 heavy (non-hydrogen) atoms. The van der Waals surface area contributed by atoms with Crippen LogP contribution in [0.25, 0.3) is 0 Å². The summed E-state index contributed by atoms with van der Waals surface area (Å²) in [6.07, 6.45) is 0. The predicted molar refractivity (Wildman–Crippen MR) is 77.8 cm³/mol. The van der Waals surface area contributed by atoms with Crippen LogP contribution in [-0.2, 0) is 9.47 Å². The van der Waals surface area contributed by atoms with Gasteiger partial charge in [-0.3, -0.25) is 4.90 Å². The van der Waals surface area contributed by atoms with Crippen LogP contribution >= 0.6 is 12.4 Å². The van der Waals surface area contributed by atoms with Crippen LogP contribution in [0.4, 0.5) is 0 Å². The molecule has 0 spiro atoms. The molecule has 112 valence electrons. The molecule has 0 aliphatic carbocycles. The van der Waals surface area contributed by atoms with Crippen molar-refractivity contribution in [3.05, 3.63) is 29.8 Å². The first kappa shape index (κ1) is 16.8. The summed E-state index contributed by atoms with van der Waals surface area (Å²) in [4.78, 5) is 14.1. The van der Waals surface area contributed by atoms with Crippen LogP contribution in [0.15, 0.2) is 24.3 Å². The highest BCUT2D eigenvalue weighted by Gasteiger charge is 2.14. The molecule has 0 radical (unpaired) electrons. The third-order valence-corrected chi connectivity index (χ3v) is 3.07. The van der Waals surface area contributed by atoms with E-state index < -0.39 is 0 Å². The van der Waals surface area contributed by atoms with E-state index in [1.54, 1.807) is 25.3 Å². The van der Waals surface area contributed by atoms with Crippen molar-refractivity contribution in [2.75, 3.05) is 46.6 Å². The minimum absolute atomic E-state index is 0. The number of carbonyl (C=O) groups is 1. The summed E-state index contributed by atoms with van der Waals surface area (Å²) in [7, 11) is 1.54. The molecule has 0 unspecified atom stereocenters. The van der Waals surface area contributed by atoms with Crippen LogP contribution in [-0.4, -0.2) is 57.4 Å². The van der Waals surface area contributed by atoms with Gasteiger partial charge in [-0.05, 0) is 12.1 Å². The fourth-order valence-corrected chi connectivity index (χ4v) is 1.98. The van der Waals surface area contributed by atoms with Gasteiger partial charge in [-0.2, -0.15) is 0 Å². The van der Waals surface area contributed by atoms with Crippen molar-refractivity contribution in [1.29, 1.82) is 0 Å². The number of morpholine rings is 1. The number of hydrogen-bond donors (Lipinski definition) is 0. The minimum atomic E-state index is -0.342. The normalized spacial score (nSPS) is 15.2. The van der Waals surface area contributed by atoms with Crippen LogP contribution in [0.5, 0.6) is 5.75 Å². The van der Waals surface area contributed by atoms with Gasteiger partial charge in [-0.1, -0.05) is 12.1 Å². The van der Waals surface area contributed by atoms with Gasteiger partial charge in [-0.15, -0.1) is 12.4 Å². The Hall–Kier alpha value is -1.30. The van der Waals surface area contributed by atoms with E-state index in [9.17, 15) is 4.79 Å². The van der Waals surface area contributed by atoms with E-state index >= 15 is 0 Å². The molecule has 6 heteroatoms. The molecule has 0 aromatic heterocycles. The Morgan fingerprint density at radius 3 is 2.70 bits per heavy atom. The fourth-order valence-electron chi connectivity index (χ4n) is 1.98. The van der Waals surface area contributed by atoms with Crippen LogP contribution in [0.2, 0.25) is 0 Å². The zero-order valence-corrected chi connectivity index (χ0v) is 12.4. The first-order valence-corrected chi connectivity index (χ1v) is 6.41. The van der Waals surface area contributed by atoms with Crippen molar-refractivity contribution in [2.24, 2.45) is 0 Å². The summed E-state index contributed by atoms with van der Waals surface area (Å²) in [5, 5.41) is 0. The quantitative estimate of drug-likeness (QED) is 0.773. The third kappa shape index (κ3) is 4.67. The highest BCUT2D eigenvalue weighted by molar-refractivity contribution is 5.92. The van der Waals surface area contributed by atoms with Gasteiger partial charge in [0.25, 0.3) is 0 Å². The number of para-hydroxylation sites is 1. The summed E-state index contributed by atoms with van der Waals surface area (Å²) < 4.78 is 15.7. The highest BCUT2D eigenvalue weighted by Crippen LogP contribution is 2.18. The topological polar surface area (TPSA) is 48.0 Å². The Morgan fingerprint density at radius 1 is 1.30 bits per heavy atom. The molecule has 1 aromatic carbocycles. The van der Waals surface area contributed by atoms with E-state index in [1.165, 1.54) is 0 Å². The van der Waals surface area contributed by atoms with Gasteiger partial charge >= 0.3 is 5.97 Å². The number of nitrogens with zero attached hydrogens (tertiary/aromatic N) is 1. The zero-order valence-electron chi connectivity index (χ0n) is 11.5. The smallest absolute Gasteiger partial charge is 0.341 e. The summed E-state index contributed by atoms with van der Waals surface area (Å²) in [5.74, 6) is 0.199. The van der Waals surface area contributed by atoms with Crippen LogP contribution in [0.3, 0.4) is 0 Å². The molecule has 0 N–H and O–H groups in total. The van der Waals surface area contributed by atoms with Gasteiger partial charge in [0.15, 0.2) is 0 Å². The van der Waals surface area contributed by atoms with Crippen molar-refractivity contribution in [3.63, 3.8) is 0 Å². The maximum absolute atomic E-state index is 11.9. The van der Waals surface area contributed by atoms with Gasteiger partial charge in [0, 0.05) is 19.6 Å². The molecule has 1 aliphatic heterocycles. The van der Waals surface area contributed by atoms with Crippen LogP contribution < -0.4 is 4.74 Å². The molecule has 0 saturated carbocycles. The lowest BCUT2D eigenvalue weighted by Gasteiger charge is -2.26. The first-order valence-electron chi connectivity index (χ1n) is 6.41. The second kappa shape index (κ2) is 8.79. The van der Waals surface area contributed by atoms with Crippen molar-refractivity contribution < 1.29 is 19.0 Å². The molecular weight excluding hydrogens is 282 g/mol. The lowest BCUT2D eigenvalue weighted by Crippen LogP contribution is -2.38. The fraction of sp³-hybridized carbons (Fsp3) is 0.500. The summed E-state index contributed by atoms with van der Waals surface area (Å²) in [5.41, 5.74) is 0.465. The summed E-state index contributed by atoms with van der Waals surface area (Å²) in [6, 6.07) is 7.07. The second-order valence-electron chi connectivity index (χ2n) is 4.29. The molecule has 1 heterocycles. The van der Waals surface area contributed by atoms with E-state index in [0.717, 1.165) is 32.8 Å². The molecule has 5 nitrogen and oxygen atoms in total. The zero-order chi connectivity index (χ0) is 13.5. The molecule has 2 rings (SSSR count). The maximum Gasteiger partial charge on any atom is 0.341 e. The number of halogens is 1. The number of ether oxygens (including phenoxy) is 3. The summed E-state index contributed by atoms with van der Waals surface area (Å²) >= 11 is 0. The molecule has 0 bridgehead atoms. The summed E-state index contributed by atoms with van der Waals surface area (Å²) in [6.45, 7) is 4.42. The Labute approximate surface area is 125 Å². The molecule has 1 aliphatic rings.